The number of pyridine rings is 1. The number of carbonyl (C=O) groups excluding carboxylic acids is 1. The molecule has 0 saturated heterocycles. The first-order chi connectivity index (χ1) is 14.5. The van der Waals surface area contributed by atoms with Crippen molar-refractivity contribution in [2.45, 2.75) is 13.0 Å². The van der Waals surface area contributed by atoms with Crippen LogP contribution in [-0.4, -0.2) is 29.7 Å². The van der Waals surface area contributed by atoms with Crippen LogP contribution >= 0.6 is 11.3 Å². The Labute approximate surface area is 176 Å². The molecule has 3 aromatic rings. The van der Waals surface area contributed by atoms with Crippen LogP contribution in [0.4, 0.5) is 0 Å². The second-order valence-electron chi connectivity index (χ2n) is 6.63. The minimum atomic E-state index is -0.643. The summed E-state index contributed by atoms with van der Waals surface area (Å²) in [5.41, 5.74) is 2.21. The van der Waals surface area contributed by atoms with Gasteiger partial charge in [-0.3, -0.25) is 14.3 Å². The van der Waals surface area contributed by atoms with Gasteiger partial charge in [0, 0.05) is 12.4 Å². The maximum absolute atomic E-state index is 13.4. The lowest BCUT2D eigenvalue weighted by molar-refractivity contribution is -0.136. The van der Waals surface area contributed by atoms with Gasteiger partial charge in [0.15, 0.2) is 4.80 Å². The SMILES string of the molecule is COC(=O)C1=C(C)N=c2s/c(=C/c3cccnc3)c(=O)n2C1c1ccc(OC)cc1. The zero-order valence-corrected chi connectivity index (χ0v) is 17.5. The third-order valence-corrected chi connectivity index (χ3v) is 5.82. The van der Waals surface area contributed by atoms with Crippen LogP contribution in [0.3, 0.4) is 0 Å². The van der Waals surface area contributed by atoms with Crippen molar-refractivity contribution in [3.05, 3.63) is 90.9 Å². The van der Waals surface area contributed by atoms with E-state index in [1.807, 2.05) is 24.3 Å². The fourth-order valence-corrected chi connectivity index (χ4v) is 4.45. The smallest absolute Gasteiger partial charge is 0.338 e. The predicted octanol–water partition coefficient (Wildman–Crippen LogP) is 1.81. The molecule has 7 nitrogen and oxygen atoms in total. The third-order valence-electron chi connectivity index (χ3n) is 4.84. The van der Waals surface area contributed by atoms with Gasteiger partial charge in [0.1, 0.15) is 5.75 Å². The number of fused-ring (bicyclic) bond motifs is 1. The van der Waals surface area contributed by atoms with Gasteiger partial charge in [-0.1, -0.05) is 29.5 Å². The van der Waals surface area contributed by atoms with Gasteiger partial charge >= 0.3 is 5.97 Å². The van der Waals surface area contributed by atoms with Gasteiger partial charge in [-0.15, -0.1) is 0 Å². The Kier molecular flexibility index (Phi) is 5.33. The first-order valence-corrected chi connectivity index (χ1v) is 10.00. The molecule has 8 heteroatoms. The molecule has 0 saturated carbocycles. The number of allylic oxidation sites excluding steroid dienone is 1. The van der Waals surface area contributed by atoms with Gasteiger partial charge < -0.3 is 9.47 Å². The van der Waals surface area contributed by atoms with E-state index in [4.69, 9.17) is 9.47 Å². The van der Waals surface area contributed by atoms with Crippen molar-refractivity contribution in [2.75, 3.05) is 14.2 Å². The minimum absolute atomic E-state index is 0.225. The van der Waals surface area contributed by atoms with E-state index in [9.17, 15) is 9.59 Å². The zero-order chi connectivity index (χ0) is 21.3. The molecule has 0 N–H and O–H groups in total. The molecule has 0 aliphatic carbocycles. The average Bonchev–Trinajstić information content (AvgIpc) is 3.07. The number of hydrogen-bond acceptors (Lipinski definition) is 7. The van der Waals surface area contributed by atoms with Gasteiger partial charge in [-0.2, -0.15) is 0 Å². The van der Waals surface area contributed by atoms with Crippen molar-refractivity contribution in [2.24, 2.45) is 4.99 Å². The molecule has 30 heavy (non-hydrogen) atoms. The molecule has 0 bridgehead atoms. The number of benzene rings is 1. The van der Waals surface area contributed by atoms with Crippen LogP contribution in [-0.2, 0) is 9.53 Å². The molecule has 1 atom stereocenters. The van der Waals surface area contributed by atoms with Crippen LogP contribution in [0, 0.1) is 0 Å². The summed E-state index contributed by atoms with van der Waals surface area (Å²) in [6, 6.07) is 10.3. The van der Waals surface area contributed by atoms with E-state index < -0.39 is 12.0 Å². The second-order valence-corrected chi connectivity index (χ2v) is 7.64. The van der Waals surface area contributed by atoms with E-state index in [2.05, 4.69) is 9.98 Å². The highest BCUT2D eigenvalue weighted by Crippen LogP contribution is 2.31. The monoisotopic (exact) mass is 421 g/mol. The number of esters is 1. The van der Waals surface area contributed by atoms with Crippen molar-refractivity contribution in [1.29, 1.82) is 0 Å². The van der Waals surface area contributed by atoms with Gasteiger partial charge in [0.2, 0.25) is 0 Å². The van der Waals surface area contributed by atoms with Crippen molar-refractivity contribution >= 4 is 23.4 Å². The molecule has 1 aliphatic heterocycles. The molecule has 2 aromatic heterocycles. The average molecular weight is 421 g/mol. The highest BCUT2D eigenvalue weighted by atomic mass is 32.1. The van der Waals surface area contributed by atoms with Gasteiger partial charge in [-0.25, -0.2) is 9.79 Å². The molecular weight excluding hydrogens is 402 g/mol. The summed E-state index contributed by atoms with van der Waals surface area (Å²) >= 11 is 1.28. The lowest BCUT2D eigenvalue weighted by atomic mass is 9.96. The minimum Gasteiger partial charge on any atom is -0.497 e. The van der Waals surface area contributed by atoms with Crippen LogP contribution in [0.1, 0.15) is 24.1 Å². The number of hydrogen-bond donors (Lipinski definition) is 0. The number of carbonyl (C=O) groups is 1. The lowest BCUT2D eigenvalue weighted by Gasteiger charge is -2.24. The highest BCUT2D eigenvalue weighted by Gasteiger charge is 2.33. The molecule has 1 unspecified atom stereocenters. The van der Waals surface area contributed by atoms with Gasteiger partial charge in [0.25, 0.3) is 5.56 Å². The summed E-state index contributed by atoms with van der Waals surface area (Å²) in [5.74, 6) is 0.168. The molecule has 1 aromatic carbocycles. The van der Waals surface area contributed by atoms with E-state index in [0.717, 1.165) is 11.1 Å². The van der Waals surface area contributed by atoms with Gasteiger partial charge in [0.05, 0.1) is 36.1 Å². The number of ether oxygens (including phenoxy) is 2. The molecule has 0 radical (unpaired) electrons. The van der Waals surface area contributed by atoms with Crippen LogP contribution in [0.15, 0.2) is 69.8 Å². The standard InChI is InChI=1S/C22H19N3O4S/c1-13-18(21(27)29-3)19(15-6-8-16(28-2)9-7-15)25-20(26)17(30-22(25)24-13)11-14-5-4-10-23-12-14/h4-12,19H,1-3H3/b17-11+. The maximum Gasteiger partial charge on any atom is 0.338 e. The van der Waals surface area contributed by atoms with E-state index in [1.54, 1.807) is 49.2 Å². The molecule has 0 fully saturated rings. The quantitative estimate of drug-likeness (QED) is 0.600. The maximum atomic E-state index is 13.4. The Balaban J connectivity index is 1.96. The van der Waals surface area contributed by atoms with Crippen LogP contribution in [0.2, 0.25) is 0 Å². The van der Waals surface area contributed by atoms with Crippen LogP contribution < -0.4 is 19.6 Å². The lowest BCUT2D eigenvalue weighted by Crippen LogP contribution is -2.39. The Bertz CT molecular complexity index is 1310. The fourth-order valence-electron chi connectivity index (χ4n) is 3.41. The zero-order valence-electron chi connectivity index (χ0n) is 16.7. The second kappa shape index (κ2) is 8.08. The summed E-state index contributed by atoms with van der Waals surface area (Å²) in [6.07, 6.45) is 5.14. The molecule has 0 spiro atoms. The number of aromatic nitrogens is 2. The van der Waals surface area contributed by atoms with Crippen molar-refractivity contribution in [3.63, 3.8) is 0 Å². The summed E-state index contributed by atoms with van der Waals surface area (Å²) in [6.45, 7) is 1.75. The summed E-state index contributed by atoms with van der Waals surface area (Å²) in [5, 5.41) is 0. The van der Waals surface area contributed by atoms with Gasteiger partial charge in [-0.05, 0) is 42.3 Å². The molecule has 1 aliphatic rings. The summed E-state index contributed by atoms with van der Waals surface area (Å²) < 4.78 is 12.3. The Morgan fingerprint density at radius 3 is 2.60 bits per heavy atom. The van der Waals surface area contributed by atoms with E-state index in [0.29, 0.717) is 26.4 Å². The number of thiazole rings is 1. The topological polar surface area (TPSA) is 82.8 Å². The normalized spacial score (nSPS) is 16.1. The Morgan fingerprint density at radius 2 is 1.97 bits per heavy atom. The number of methoxy groups -OCH3 is 2. The summed E-state index contributed by atoms with van der Waals surface area (Å²) in [4.78, 5) is 35.1. The van der Waals surface area contributed by atoms with Crippen molar-refractivity contribution in [1.82, 2.24) is 9.55 Å². The molecule has 0 amide bonds. The molecule has 4 rings (SSSR count). The van der Waals surface area contributed by atoms with Crippen molar-refractivity contribution < 1.29 is 14.3 Å². The van der Waals surface area contributed by atoms with E-state index in [1.165, 1.54) is 18.4 Å². The number of nitrogens with zero attached hydrogens (tertiary/aromatic N) is 3. The first kappa shape index (κ1) is 19.8. The molecule has 3 heterocycles. The highest BCUT2D eigenvalue weighted by molar-refractivity contribution is 7.07. The Morgan fingerprint density at radius 1 is 1.20 bits per heavy atom. The number of rotatable bonds is 4. The van der Waals surface area contributed by atoms with Crippen LogP contribution in [0.25, 0.3) is 6.08 Å². The predicted molar refractivity (Wildman–Crippen MR) is 113 cm³/mol. The fraction of sp³-hybridized carbons (Fsp3) is 0.182. The molecule has 152 valence electrons. The third kappa shape index (κ3) is 3.46. The first-order valence-electron chi connectivity index (χ1n) is 9.18. The Hall–Kier alpha value is -3.52. The molecular formula is C22H19N3O4S. The largest absolute Gasteiger partial charge is 0.497 e. The van der Waals surface area contributed by atoms with Crippen LogP contribution in [0.5, 0.6) is 5.75 Å². The van der Waals surface area contributed by atoms with E-state index >= 15 is 0 Å². The summed E-state index contributed by atoms with van der Waals surface area (Å²) in [7, 11) is 2.90. The van der Waals surface area contributed by atoms with E-state index in [-0.39, 0.29) is 5.56 Å². The van der Waals surface area contributed by atoms with Crippen molar-refractivity contribution in [3.8, 4) is 5.75 Å².